The molecule has 0 bridgehead atoms. The van der Waals surface area contributed by atoms with E-state index >= 15 is 0 Å². The molecule has 2 aromatic rings. The van der Waals surface area contributed by atoms with Crippen LogP contribution in [-0.2, 0) is 6.42 Å². The van der Waals surface area contributed by atoms with E-state index in [4.69, 9.17) is 0 Å². The van der Waals surface area contributed by atoms with Crippen LogP contribution in [0.3, 0.4) is 0 Å². The van der Waals surface area contributed by atoms with Crippen LogP contribution >= 0.6 is 0 Å². The molecule has 0 aliphatic rings. The number of aromatic nitrogens is 1. The van der Waals surface area contributed by atoms with Crippen LogP contribution in [-0.4, -0.2) is 17.9 Å². The van der Waals surface area contributed by atoms with Crippen molar-refractivity contribution in [3.8, 4) is 0 Å². The van der Waals surface area contributed by atoms with Crippen molar-refractivity contribution in [2.45, 2.75) is 13.3 Å². The lowest BCUT2D eigenvalue weighted by Crippen LogP contribution is -2.13. The number of hydrogen-bond acceptors (Lipinski definition) is 3. The number of benzene rings is 1. The van der Waals surface area contributed by atoms with E-state index < -0.39 is 0 Å². The Bertz CT molecular complexity index is 564. The molecule has 1 amide bonds. The molecule has 0 saturated heterocycles. The smallest absolute Gasteiger partial charge is 0.274 e. The molecule has 19 heavy (non-hydrogen) atoms. The highest BCUT2D eigenvalue weighted by Gasteiger charge is 2.07. The SMILES string of the molecule is CCc1ccc(NC(=O)c2cc(NC)ccn2)cc1. The third-order valence-electron chi connectivity index (χ3n) is 2.90. The number of nitrogens with one attached hydrogen (secondary N) is 2. The summed E-state index contributed by atoms with van der Waals surface area (Å²) in [5, 5.41) is 5.81. The third kappa shape index (κ3) is 3.31. The molecule has 0 aliphatic heterocycles. The van der Waals surface area contributed by atoms with E-state index in [0.29, 0.717) is 5.69 Å². The van der Waals surface area contributed by atoms with Gasteiger partial charge in [-0.15, -0.1) is 0 Å². The molecule has 0 spiro atoms. The van der Waals surface area contributed by atoms with Gasteiger partial charge in [-0.2, -0.15) is 0 Å². The molecule has 4 heteroatoms. The summed E-state index contributed by atoms with van der Waals surface area (Å²) in [5.41, 5.74) is 3.28. The molecule has 0 atom stereocenters. The topological polar surface area (TPSA) is 54.0 Å². The van der Waals surface area contributed by atoms with Crippen molar-refractivity contribution in [1.82, 2.24) is 4.98 Å². The van der Waals surface area contributed by atoms with Gasteiger partial charge in [-0.25, -0.2) is 0 Å². The first-order valence-electron chi connectivity index (χ1n) is 6.27. The lowest BCUT2D eigenvalue weighted by molar-refractivity contribution is 0.102. The van der Waals surface area contributed by atoms with Gasteiger partial charge in [-0.05, 0) is 36.2 Å². The van der Waals surface area contributed by atoms with Gasteiger partial charge in [0.25, 0.3) is 5.91 Å². The van der Waals surface area contributed by atoms with E-state index in [1.165, 1.54) is 5.56 Å². The summed E-state index contributed by atoms with van der Waals surface area (Å²) in [4.78, 5) is 16.1. The second-order valence-corrected chi connectivity index (χ2v) is 4.18. The van der Waals surface area contributed by atoms with Crippen molar-refractivity contribution in [2.75, 3.05) is 17.7 Å². The fourth-order valence-electron chi connectivity index (χ4n) is 1.73. The maximum absolute atomic E-state index is 12.0. The molecule has 4 nitrogen and oxygen atoms in total. The molecule has 0 fully saturated rings. The minimum Gasteiger partial charge on any atom is -0.388 e. The Morgan fingerprint density at radius 2 is 1.89 bits per heavy atom. The Morgan fingerprint density at radius 3 is 2.53 bits per heavy atom. The zero-order valence-corrected chi connectivity index (χ0v) is 11.1. The highest BCUT2D eigenvalue weighted by molar-refractivity contribution is 6.03. The van der Waals surface area contributed by atoms with Crippen LogP contribution in [0.2, 0.25) is 0 Å². The van der Waals surface area contributed by atoms with Crippen molar-refractivity contribution in [3.05, 3.63) is 53.9 Å². The van der Waals surface area contributed by atoms with Gasteiger partial charge in [0.2, 0.25) is 0 Å². The molecule has 0 radical (unpaired) electrons. The van der Waals surface area contributed by atoms with Crippen molar-refractivity contribution >= 4 is 17.3 Å². The van der Waals surface area contributed by atoms with E-state index in [9.17, 15) is 4.79 Å². The minimum atomic E-state index is -0.207. The number of carbonyl (C=O) groups excluding carboxylic acids is 1. The Hall–Kier alpha value is -2.36. The molecule has 0 saturated carbocycles. The summed E-state index contributed by atoms with van der Waals surface area (Å²) < 4.78 is 0. The summed E-state index contributed by atoms with van der Waals surface area (Å²) in [6.45, 7) is 2.10. The molecule has 0 aliphatic carbocycles. The number of rotatable bonds is 4. The van der Waals surface area contributed by atoms with E-state index in [-0.39, 0.29) is 5.91 Å². The standard InChI is InChI=1S/C15H17N3O/c1-3-11-4-6-12(7-5-11)18-15(19)14-10-13(16-2)8-9-17-14/h4-10H,3H2,1-2H3,(H,16,17)(H,18,19). The van der Waals surface area contributed by atoms with Gasteiger partial charge in [-0.1, -0.05) is 19.1 Å². The maximum Gasteiger partial charge on any atom is 0.274 e. The number of aryl methyl sites for hydroxylation is 1. The van der Waals surface area contributed by atoms with E-state index in [2.05, 4.69) is 22.5 Å². The Balaban J connectivity index is 2.11. The van der Waals surface area contributed by atoms with Crippen molar-refractivity contribution in [2.24, 2.45) is 0 Å². The van der Waals surface area contributed by atoms with Crippen molar-refractivity contribution < 1.29 is 4.79 Å². The highest BCUT2D eigenvalue weighted by Crippen LogP contribution is 2.12. The van der Waals surface area contributed by atoms with E-state index in [0.717, 1.165) is 17.8 Å². The summed E-state index contributed by atoms with van der Waals surface area (Å²) in [7, 11) is 1.81. The van der Waals surface area contributed by atoms with Gasteiger partial charge in [0, 0.05) is 24.6 Å². The van der Waals surface area contributed by atoms with Gasteiger partial charge >= 0.3 is 0 Å². The van der Waals surface area contributed by atoms with E-state index in [1.54, 1.807) is 19.3 Å². The van der Waals surface area contributed by atoms with Gasteiger partial charge < -0.3 is 10.6 Å². The Morgan fingerprint density at radius 1 is 1.16 bits per heavy atom. The fourth-order valence-corrected chi connectivity index (χ4v) is 1.73. The zero-order chi connectivity index (χ0) is 13.7. The van der Waals surface area contributed by atoms with Crippen LogP contribution in [0, 0.1) is 0 Å². The summed E-state index contributed by atoms with van der Waals surface area (Å²) in [5.74, 6) is -0.207. The summed E-state index contributed by atoms with van der Waals surface area (Å²) >= 11 is 0. The minimum absolute atomic E-state index is 0.207. The number of nitrogens with zero attached hydrogens (tertiary/aromatic N) is 1. The van der Waals surface area contributed by atoms with Crippen LogP contribution in [0.1, 0.15) is 23.0 Å². The molecular weight excluding hydrogens is 238 g/mol. The molecule has 1 heterocycles. The molecule has 2 rings (SSSR count). The first-order chi connectivity index (χ1) is 9.22. The third-order valence-corrected chi connectivity index (χ3v) is 2.90. The predicted molar refractivity (Wildman–Crippen MR) is 77.6 cm³/mol. The molecule has 2 N–H and O–H groups in total. The van der Waals surface area contributed by atoms with Crippen molar-refractivity contribution in [1.29, 1.82) is 0 Å². The zero-order valence-electron chi connectivity index (χ0n) is 11.1. The van der Waals surface area contributed by atoms with Gasteiger partial charge in [-0.3, -0.25) is 9.78 Å². The first kappa shape index (κ1) is 13.1. The molecule has 0 unspecified atom stereocenters. The van der Waals surface area contributed by atoms with Crippen LogP contribution < -0.4 is 10.6 Å². The number of amides is 1. The fraction of sp³-hybridized carbons (Fsp3) is 0.200. The highest BCUT2D eigenvalue weighted by atomic mass is 16.1. The number of carbonyl (C=O) groups is 1. The largest absolute Gasteiger partial charge is 0.388 e. The monoisotopic (exact) mass is 255 g/mol. The van der Waals surface area contributed by atoms with E-state index in [1.807, 2.05) is 30.3 Å². The first-order valence-corrected chi connectivity index (χ1v) is 6.27. The van der Waals surface area contributed by atoms with Gasteiger partial charge in [0.1, 0.15) is 5.69 Å². The summed E-state index contributed by atoms with van der Waals surface area (Å²) in [6, 6.07) is 11.3. The quantitative estimate of drug-likeness (QED) is 0.883. The molecular formula is C15H17N3O. The average Bonchev–Trinajstić information content (AvgIpc) is 2.48. The van der Waals surface area contributed by atoms with Crippen LogP contribution in [0.5, 0.6) is 0 Å². The Kier molecular flexibility index (Phi) is 4.13. The normalized spacial score (nSPS) is 10.0. The van der Waals surface area contributed by atoms with Crippen LogP contribution in [0.15, 0.2) is 42.6 Å². The van der Waals surface area contributed by atoms with Crippen molar-refractivity contribution in [3.63, 3.8) is 0 Å². The lowest BCUT2D eigenvalue weighted by Gasteiger charge is -2.06. The number of anilines is 2. The summed E-state index contributed by atoms with van der Waals surface area (Å²) in [6.07, 6.45) is 2.60. The van der Waals surface area contributed by atoms with Crippen LogP contribution in [0.25, 0.3) is 0 Å². The molecule has 98 valence electrons. The van der Waals surface area contributed by atoms with Gasteiger partial charge in [0.05, 0.1) is 0 Å². The lowest BCUT2D eigenvalue weighted by atomic mass is 10.1. The maximum atomic E-state index is 12.0. The molecule has 1 aromatic heterocycles. The van der Waals surface area contributed by atoms with Crippen LogP contribution in [0.4, 0.5) is 11.4 Å². The predicted octanol–water partition coefficient (Wildman–Crippen LogP) is 2.94. The average molecular weight is 255 g/mol. The second kappa shape index (κ2) is 6.00. The second-order valence-electron chi connectivity index (χ2n) is 4.18. The van der Waals surface area contributed by atoms with Gasteiger partial charge in [0.15, 0.2) is 0 Å². The number of pyridine rings is 1. The number of hydrogen-bond donors (Lipinski definition) is 2. The molecule has 1 aromatic carbocycles. The Labute approximate surface area is 112 Å².